The van der Waals surface area contributed by atoms with Gasteiger partial charge in [0.2, 0.25) is 0 Å². The Hall–Kier alpha value is -1.60. The molecule has 0 spiro atoms. The molecular formula is C12H20N4O3. The molecule has 0 aliphatic heterocycles. The summed E-state index contributed by atoms with van der Waals surface area (Å²) in [5.74, 6) is 1.26. The molecule has 7 heteroatoms. The number of aliphatic hydroxyl groups excluding tert-OH is 1. The van der Waals surface area contributed by atoms with E-state index >= 15 is 0 Å². The molecule has 1 fully saturated rings. The second kappa shape index (κ2) is 6.53. The van der Waals surface area contributed by atoms with Crippen LogP contribution in [0.5, 0.6) is 0 Å². The van der Waals surface area contributed by atoms with Crippen LogP contribution in [-0.2, 0) is 11.8 Å². The SMILES string of the molecule is Cn1nc(C2CC2)cc1NC(=O)NCCOCCO. The number of urea groups is 1. The summed E-state index contributed by atoms with van der Waals surface area (Å²) in [4.78, 5) is 11.6. The van der Waals surface area contributed by atoms with Crippen LogP contribution < -0.4 is 10.6 Å². The molecule has 19 heavy (non-hydrogen) atoms. The third kappa shape index (κ3) is 4.22. The third-order valence-electron chi connectivity index (χ3n) is 2.90. The standard InChI is InChI=1S/C12H20N4O3/c1-16-11(8-10(15-16)9-2-3-9)14-12(18)13-4-6-19-7-5-17/h8-9,17H,2-7H2,1H3,(H2,13,14,18). The molecule has 3 N–H and O–H groups in total. The van der Waals surface area contributed by atoms with Gasteiger partial charge in [0.1, 0.15) is 5.82 Å². The van der Waals surface area contributed by atoms with Crippen LogP contribution in [0, 0.1) is 0 Å². The van der Waals surface area contributed by atoms with Crippen molar-refractivity contribution in [2.24, 2.45) is 7.05 Å². The lowest BCUT2D eigenvalue weighted by Crippen LogP contribution is -2.32. The Morgan fingerprint density at radius 1 is 1.58 bits per heavy atom. The average Bonchev–Trinajstić information content (AvgIpc) is 3.16. The largest absolute Gasteiger partial charge is 0.394 e. The maximum absolute atomic E-state index is 11.6. The van der Waals surface area contributed by atoms with Gasteiger partial charge in [-0.3, -0.25) is 10.00 Å². The van der Waals surface area contributed by atoms with Crippen molar-refractivity contribution in [1.82, 2.24) is 15.1 Å². The van der Waals surface area contributed by atoms with Gasteiger partial charge in [0, 0.05) is 25.6 Å². The molecule has 0 saturated heterocycles. The molecule has 7 nitrogen and oxygen atoms in total. The Kier molecular flexibility index (Phi) is 4.75. The second-order valence-corrected chi connectivity index (χ2v) is 4.57. The number of hydrogen-bond acceptors (Lipinski definition) is 4. The van der Waals surface area contributed by atoms with E-state index in [9.17, 15) is 4.79 Å². The first-order chi connectivity index (χ1) is 9.20. The molecule has 106 valence electrons. The number of nitrogens with one attached hydrogen (secondary N) is 2. The van der Waals surface area contributed by atoms with E-state index in [0.717, 1.165) is 5.69 Å². The van der Waals surface area contributed by atoms with E-state index < -0.39 is 0 Å². The molecule has 0 radical (unpaired) electrons. The van der Waals surface area contributed by atoms with Crippen LogP contribution in [0.3, 0.4) is 0 Å². The van der Waals surface area contributed by atoms with Crippen molar-refractivity contribution in [2.45, 2.75) is 18.8 Å². The van der Waals surface area contributed by atoms with E-state index in [0.29, 0.717) is 24.9 Å². The maximum atomic E-state index is 11.6. The number of carbonyl (C=O) groups excluding carboxylic acids is 1. The van der Waals surface area contributed by atoms with E-state index in [2.05, 4.69) is 15.7 Å². The first kappa shape index (κ1) is 13.8. The number of aryl methyl sites for hydroxylation is 1. The molecule has 1 aromatic heterocycles. The van der Waals surface area contributed by atoms with Gasteiger partial charge in [0.25, 0.3) is 0 Å². The number of carbonyl (C=O) groups is 1. The Morgan fingerprint density at radius 2 is 2.37 bits per heavy atom. The summed E-state index contributed by atoms with van der Waals surface area (Å²) in [7, 11) is 1.81. The van der Waals surface area contributed by atoms with Gasteiger partial charge in [0.05, 0.1) is 25.5 Å². The van der Waals surface area contributed by atoms with Crippen LogP contribution in [0.2, 0.25) is 0 Å². The summed E-state index contributed by atoms with van der Waals surface area (Å²) in [5.41, 5.74) is 1.05. The summed E-state index contributed by atoms with van der Waals surface area (Å²) in [5, 5.41) is 18.3. The van der Waals surface area contributed by atoms with Crippen LogP contribution in [-0.4, -0.2) is 47.3 Å². The molecule has 2 rings (SSSR count). The fraction of sp³-hybridized carbons (Fsp3) is 0.667. The minimum absolute atomic E-state index is 0.00877. The Bertz CT molecular complexity index is 429. The summed E-state index contributed by atoms with van der Waals surface area (Å²) in [6, 6.07) is 1.64. The minimum Gasteiger partial charge on any atom is -0.394 e. The lowest BCUT2D eigenvalue weighted by Gasteiger charge is -2.07. The third-order valence-corrected chi connectivity index (χ3v) is 2.90. The zero-order chi connectivity index (χ0) is 13.7. The first-order valence-electron chi connectivity index (χ1n) is 6.48. The Balaban J connectivity index is 1.72. The molecule has 1 aromatic rings. The van der Waals surface area contributed by atoms with Gasteiger partial charge in [-0.2, -0.15) is 5.10 Å². The number of aromatic nitrogens is 2. The van der Waals surface area contributed by atoms with Gasteiger partial charge < -0.3 is 15.2 Å². The van der Waals surface area contributed by atoms with Crippen molar-refractivity contribution < 1.29 is 14.6 Å². The lowest BCUT2D eigenvalue weighted by molar-refractivity contribution is 0.0950. The predicted molar refractivity (Wildman–Crippen MR) is 70.1 cm³/mol. The molecule has 2 amide bonds. The molecule has 0 bridgehead atoms. The van der Waals surface area contributed by atoms with Crippen molar-refractivity contribution in [1.29, 1.82) is 0 Å². The molecule has 0 unspecified atom stereocenters. The zero-order valence-corrected chi connectivity index (χ0v) is 11.1. The maximum Gasteiger partial charge on any atom is 0.320 e. The second-order valence-electron chi connectivity index (χ2n) is 4.57. The van der Waals surface area contributed by atoms with Crippen molar-refractivity contribution in [3.8, 4) is 0 Å². The highest BCUT2D eigenvalue weighted by Crippen LogP contribution is 2.39. The quantitative estimate of drug-likeness (QED) is 0.626. The smallest absolute Gasteiger partial charge is 0.320 e. The number of anilines is 1. The predicted octanol–water partition coefficient (Wildman–Crippen LogP) is 0.428. The van der Waals surface area contributed by atoms with Crippen molar-refractivity contribution in [3.63, 3.8) is 0 Å². The summed E-state index contributed by atoms with van der Waals surface area (Å²) >= 11 is 0. The van der Waals surface area contributed by atoms with Crippen LogP contribution in [0.4, 0.5) is 10.6 Å². The summed E-state index contributed by atoms with van der Waals surface area (Å²) in [6.07, 6.45) is 2.37. The van der Waals surface area contributed by atoms with E-state index in [-0.39, 0.29) is 19.2 Å². The van der Waals surface area contributed by atoms with Crippen molar-refractivity contribution in [3.05, 3.63) is 11.8 Å². The number of ether oxygens (including phenoxy) is 1. The normalized spacial score (nSPS) is 14.4. The molecule has 0 atom stereocenters. The molecule has 1 aliphatic rings. The van der Waals surface area contributed by atoms with E-state index in [1.165, 1.54) is 12.8 Å². The van der Waals surface area contributed by atoms with Crippen LogP contribution in [0.25, 0.3) is 0 Å². The topological polar surface area (TPSA) is 88.4 Å². The number of rotatable bonds is 7. The number of hydrogen-bond donors (Lipinski definition) is 3. The van der Waals surface area contributed by atoms with E-state index in [1.54, 1.807) is 4.68 Å². The number of nitrogens with zero attached hydrogens (tertiary/aromatic N) is 2. The average molecular weight is 268 g/mol. The monoisotopic (exact) mass is 268 g/mol. The van der Waals surface area contributed by atoms with E-state index in [4.69, 9.17) is 9.84 Å². The molecule has 1 heterocycles. The fourth-order valence-electron chi connectivity index (χ4n) is 1.75. The highest BCUT2D eigenvalue weighted by Gasteiger charge is 2.27. The Morgan fingerprint density at radius 3 is 3.05 bits per heavy atom. The van der Waals surface area contributed by atoms with Gasteiger partial charge in [-0.15, -0.1) is 0 Å². The van der Waals surface area contributed by atoms with Crippen LogP contribution >= 0.6 is 0 Å². The molecule has 1 saturated carbocycles. The molecular weight excluding hydrogens is 248 g/mol. The van der Waals surface area contributed by atoms with E-state index in [1.807, 2.05) is 13.1 Å². The van der Waals surface area contributed by atoms with Gasteiger partial charge in [-0.25, -0.2) is 4.79 Å². The minimum atomic E-state index is -0.280. The first-order valence-corrected chi connectivity index (χ1v) is 6.48. The highest BCUT2D eigenvalue weighted by atomic mass is 16.5. The number of aliphatic hydroxyl groups is 1. The van der Waals surface area contributed by atoms with Gasteiger partial charge in [-0.05, 0) is 12.8 Å². The summed E-state index contributed by atoms with van der Waals surface area (Å²) < 4.78 is 6.72. The highest BCUT2D eigenvalue weighted by molar-refractivity contribution is 5.88. The Labute approximate surface area is 111 Å². The van der Waals surface area contributed by atoms with Gasteiger partial charge in [0.15, 0.2) is 0 Å². The van der Waals surface area contributed by atoms with Crippen molar-refractivity contribution in [2.75, 3.05) is 31.7 Å². The molecule has 1 aliphatic carbocycles. The number of amides is 2. The van der Waals surface area contributed by atoms with Crippen LogP contribution in [0.1, 0.15) is 24.5 Å². The lowest BCUT2D eigenvalue weighted by atomic mass is 10.3. The molecule has 0 aromatic carbocycles. The van der Waals surface area contributed by atoms with Crippen LogP contribution in [0.15, 0.2) is 6.07 Å². The van der Waals surface area contributed by atoms with Crippen molar-refractivity contribution >= 4 is 11.8 Å². The zero-order valence-electron chi connectivity index (χ0n) is 11.1. The van der Waals surface area contributed by atoms with Gasteiger partial charge in [-0.1, -0.05) is 0 Å². The summed E-state index contributed by atoms with van der Waals surface area (Å²) in [6.45, 7) is 1.06. The fourth-order valence-corrected chi connectivity index (χ4v) is 1.75. The van der Waals surface area contributed by atoms with Gasteiger partial charge >= 0.3 is 6.03 Å².